The first-order chi connectivity index (χ1) is 10.1. The fraction of sp³-hybridized carbons (Fsp3) is 0.412. The lowest BCUT2D eigenvalue weighted by molar-refractivity contribution is -0.147. The number of carbonyl (C=O) groups is 2. The molecule has 21 heavy (non-hydrogen) atoms. The first kappa shape index (κ1) is 13.9. The number of amides is 1. The summed E-state index contributed by atoms with van der Waals surface area (Å²) in [6, 6.07) is 7.96. The minimum atomic E-state index is -0.859. The normalized spacial score (nSPS) is 29.6. The third-order valence-corrected chi connectivity index (χ3v) is 4.63. The molecule has 1 aromatic carbocycles. The molecule has 2 N–H and O–H groups in total. The number of hydrogen-bond acceptors (Lipinski definition) is 2. The Labute approximate surface area is 123 Å². The second-order valence-electron chi connectivity index (χ2n) is 6.04. The molecule has 4 heteroatoms. The first-order valence-electron chi connectivity index (χ1n) is 7.30. The van der Waals surface area contributed by atoms with Gasteiger partial charge in [-0.2, -0.15) is 0 Å². The average molecular weight is 285 g/mol. The fourth-order valence-corrected chi connectivity index (χ4v) is 3.53. The van der Waals surface area contributed by atoms with Gasteiger partial charge in [0.05, 0.1) is 11.8 Å². The molecule has 1 fully saturated rings. The maximum absolute atomic E-state index is 12.4. The summed E-state index contributed by atoms with van der Waals surface area (Å²) in [5.41, 5.74) is 2.20. The number of allylic oxidation sites excluding steroid dienone is 2. The SMILES string of the molecule is Cc1ccc(CNC(=O)[C@@H]2[C@@H](C(=O)O)[C@@H]3C=C[C@H]2C3)cc1. The highest BCUT2D eigenvalue weighted by Gasteiger charge is 2.51. The van der Waals surface area contributed by atoms with Gasteiger partial charge in [0.1, 0.15) is 0 Å². The Kier molecular flexibility index (Phi) is 3.53. The zero-order valence-electron chi connectivity index (χ0n) is 12.0. The summed E-state index contributed by atoms with van der Waals surface area (Å²) < 4.78 is 0. The van der Waals surface area contributed by atoms with E-state index in [9.17, 15) is 14.7 Å². The van der Waals surface area contributed by atoms with E-state index in [2.05, 4.69) is 5.32 Å². The minimum absolute atomic E-state index is 0.0163. The number of hydrogen-bond donors (Lipinski definition) is 2. The second kappa shape index (κ2) is 5.35. The van der Waals surface area contributed by atoms with Crippen molar-refractivity contribution >= 4 is 11.9 Å². The van der Waals surface area contributed by atoms with Gasteiger partial charge in [0.25, 0.3) is 0 Å². The van der Waals surface area contributed by atoms with Crippen LogP contribution in [0.2, 0.25) is 0 Å². The van der Waals surface area contributed by atoms with Gasteiger partial charge in [-0.05, 0) is 30.7 Å². The average Bonchev–Trinajstić information content (AvgIpc) is 3.06. The van der Waals surface area contributed by atoms with Gasteiger partial charge in [-0.1, -0.05) is 42.0 Å². The van der Waals surface area contributed by atoms with Crippen LogP contribution in [0.5, 0.6) is 0 Å². The lowest BCUT2D eigenvalue weighted by Crippen LogP contribution is -2.39. The fourth-order valence-electron chi connectivity index (χ4n) is 3.53. The monoisotopic (exact) mass is 285 g/mol. The van der Waals surface area contributed by atoms with E-state index in [4.69, 9.17) is 0 Å². The molecule has 2 aliphatic carbocycles. The van der Waals surface area contributed by atoms with E-state index in [1.807, 2.05) is 43.3 Å². The third kappa shape index (κ3) is 2.58. The van der Waals surface area contributed by atoms with Crippen LogP contribution < -0.4 is 5.32 Å². The van der Waals surface area contributed by atoms with Crippen molar-refractivity contribution in [3.63, 3.8) is 0 Å². The van der Waals surface area contributed by atoms with Crippen molar-refractivity contribution < 1.29 is 14.7 Å². The number of carboxylic acids is 1. The van der Waals surface area contributed by atoms with Crippen LogP contribution in [-0.2, 0) is 16.1 Å². The third-order valence-electron chi connectivity index (χ3n) is 4.63. The number of fused-ring (bicyclic) bond motifs is 2. The Morgan fingerprint density at radius 1 is 1.14 bits per heavy atom. The number of aryl methyl sites for hydroxylation is 1. The van der Waals surface area contributed by atoms with Crippen LogP contribution in [0.25, 0.3) is 0 Å². The number of carboxylic acid groups (broad SMARTS) is 1. The predicted molar refractivity (Wildman–Crippen MR) is 78.4 cm³/mol. The van der Waals surface area contributed by atoms with Crippen LogP contribution >= 0.6 is 0 Å². The molecular formula is C17H19NO3. The topological polar surface area (TPSA) is 66.4 Å². The van der Waals surface area contributed by atoms with Crippen LogP contribution in [0.4, 0.5) is 0 Å². The molecule has 4 nitrogen and oxygen atoms in total. The Morgan fingerprint density at radius 3 is 2.38 bits per heavy atom. The lowest BCUT2D eigenvalue weighted by Gasteiger charge is -2.23. The Hall–Kier alpha value is -2.10. The van der Waals surface area contributed by atoms with Crippen LogP contribution in [-0.4, -0.2) is 17.0 Å². The molecule has 4 atom stereocenters. The highest BCUT2D eigenvalue weighted by Crippen LogP contribution is 2.48. The molecule has 110 valence electrons. The van der Waals surface area contributed by atoms with Gasteiger partial charge in [0.15, 0.2) is 0 Å². The van der Waals surface area contributed by atoms with Gasteiger partial charge in [-0.25, -0.2) is 0 Å². The van der Waals surface area contributed by atoms with Crippen molar-refractivity contribution in [3.05, 3.63) is 47.5 Å². The summed E-state index contributed by atoms with van der Waals surface area (Å²) in [4.78, 5) is 23.8. The number of rotatable bonds is 4. The van der Waals surface area contributed by atoms with E-state index in [-0.39, 0.29) is 17.7 Å². The van der Waals surface area contributed by atoms with Crippen LogP contribution in [0, 0.1) is 30.6 Å². The van der Waals surface area contributed by atoms with Gasteiger partial charge >= 0.3 is 5.97 Å². The molecule has 3 rings (SSSR count). The van der Waals surface area contributed by atoms with E-state index in [0.29, 0.717) is 6.54 Å². The molecule has 1 aromatic rings. The number of benzene rings is 1. The highest BCUT2D eigenvalue weighted by molar-refractivity contribution is 5.86. The molecule has 1 amide bonds. The number of aliphatic carboxylic acids is 1. The molecule has 0 spiro atoms. The van der Waals surface area contributed by atoms with Crippen molar-refractivity contribution in [2.75, 3.05) is 0 Å². The summed E-state index contributed by atoms with van der Waals surface area (Å²) in [7, 11) is 0. The van der Waals surface area contributed by atoms with Gasteiger partial charge in [-0.15, -0.1) is 0 Å². The van der Waals surface area contributed by atoms with Crippen molar-refractivity contribution in [2.24, 2.45) is 23.7 Å². The Morgan fingerprint density at radius 2 is 1.76 bits per heavy atom. The van der Waals surface area contributed by atoms with Gasteiger partial charge in [-0.3, -0.25) is 9.59 Å². The molecule has 0 heterocycles. The molecule has 0 saturated heterocycles. The summed E-state index contributed by atoms with van der Waals surface area (Å²) in [5, 5.41) is 12.3. The largest absolute Gasteiger partial charge is 0.481 e. The quantitative estimate of drug-likeness (QED) is 0.833. The predicted octanol–water partition coefficient (Wildman–Crippen LogP) is 2.13. The molecule has 1 saturated carbocycles. The van der Waals surface area contributed by atoms with Crippen molar-refractivity contribution in [1.29, 1.82) is 0 Å². The van der Waals surface area contributed by atoms with Gasteiger partial charge in [0, 0.05) is 6.54 Å². The molecule has 0 aromatic heterocycles. The van der Waals surface area contributed by atoms with E-state index in [0.717, 1.165) is 12.0 Å². The van der Waals surface area contributed by atoms with E-state index >= 15 is 0 Å². The molecule has 0 aliphatic heterocycles. The van der Waals surface area contributed by atoms with E-state index in [1.165, 1.54) is 5.56 Å². The summed E-state index contributed by atoms with van der Waals surface area (Å²) in [6.45, 7) is 2.46. The maximum atomic E-state index is 12.4. The molecule has 2 bridgehead atoms. The van der Waals surface area contributed by atoms with Crippen LogP contribution in [0.3, 0.4) is 0 Å². The molecular weight excluding hydrogens is 266 g/mol. The summed E-state index contributed by atoms with van der Waals surface area (Å²) >= 11 is 0. The summed E-state index contributed by atoms with van der Waals surface area (Å²) in [6.07, 6.45) is 4.74. The number of nitrogens with one attached hydrogen (secondary N) is 1. The van der Waals surface area contributed by atoms with E-state index < -0.39 is 17.8 Å². The summed E-state index contributed by atoms with van der Waals surface area (Å²) in [5.74, 6) is -1.90. The molecule has 2 aliphatic rings. The van der Waals surface area contributed by atoms with Crippen LogP contribution in [0.15, 0.2) is 36.4 Å². The molecule has 0 radical (unpaired) electrons. The zero-order chi connectivity index (χ0) is 15.0. The standard InChI is InChI=1S/C17H19NO3/c1-10-2-4-11(5-3-10)9-18-16(19)14-12-6-7-13(8-12)15(14)17(20)21/h2-7,12-15H,8-9H2,1H3,(H,18,19)(H,20,21)/t12-,13+,14-,15-/m0/s1. The Balaban J connectivity index is 1.66. The zero-order valence-corrected chi connectivity index (χ0v) is 12.0. The Bertz CT molecular complexity index is 591. The van der Waals surface area contributed by atoms with Crippen molar-refractivity contribution in [1.82, 2.24) is 5.32 Å². The van der Waals surface area contributed by atoms with Crippen molar-refractivity contribution in [3.8, 4) is 0 Å². The van der Waals surface area contributed by atoms with Gasteiger partial charge < -0.3 is 10.4 Å². The smallest absolute Gasteiger partial charge is 0.307 e. The van der Waals surface area contributed by atoms with Crippen LogP contribution in [0.1, 0.15) is 17.5 Å². The minimum Gasteiger partial charge on any atom is -0.481 e. The van der Waals surface area contributed by atoms with Gasteiger partial charge in [0.2, 0.25) is 5.91 Å². The first-order valence-corrected chi connectivity index (χ1v) is 7.30. The number of carbonyl (C=O) groups excluding carboxylic acids is 1. The second-order valence-corrected chi connectivity index (χ2v) is 6.04. The highest BCUT2D eigenvalue weighted by atomic mass is 16.4. The lowest BCUT2D eigenvalue weighted by atomic mass is 9.82. The van der Waals surface area contributed by atoms with E-state index in [1.54, 1.807) is 0 Å². The van der Waals surface area contributed by atoms with Crippen molar-refractivity contribution in [2.45, 2.75) is 19.9 Å². The molecule has 0 unspecified atom stereocenters. The maximum Gasteiger partial charge on any atom is 0.307 e.